The van der Waals surface area contributed by atoms with E-state index in [4.69, 9.17) is 26.2 Å². The number of pyridine rings is 1. The number of ether oxygens (including phenoxy) is 2. The van der Waals surface area contributed by atoms with Crippen LogP contribution < -0.4 is 9.47 Å². The first-order valence-electron chi connectivity index (χ1n) is 6.57. The third-order valence-corrected chi connectivity index (χ3v) is 3.16. The predicted molar refractivity (Wildman–Crippen MR) is 78.5 cm³/mol. The van der Waals surface area contributed by atoms with Crippen molar-refractivity contribution in [2.24, 2.45) is 0 Å². The molecule has 1 aromatic carbocycles. The van der Waals surface area contributed by atoms with E-state index in [-0.39, 0.29) is 11.5 Å². The first-order chi connectivity index (χ1) is 11.2. The molecule has 5 nitrogen and oxygen atoms in total. The van der Waals surface area contributed by atoms with E-state index < -0.39 is 34.7 Å². The van der Waals surface area contributed by atoms with Gasteiger partial charge in [0.1, 0.15) is 17.1 Å². The minimum absolute atomic E-state index is 0.0607. The number of rotatable bonds is 5. The summed E-state index contributed by atoms with van der Waals surface area (Å²) in [6.45, 7) is 1.35. The number of carboxylic acid groups (broad SMARTS) is 1. The number of hydrogen-bond donors (Lipinski definition) is 1. The second-order valence-electron chi connectivity index (χ2n) is 4.64. The molecule has 2 rings (SSSR count). The maximum absolute atomic E-state index is 13.0. The Labute approximate surface area is 139 Å². The molecule has 2 aromatic rings. The molecular weight excluding hydrogens is 351 g/mol. The zero-order valence-electron chi connectivity index (χ0n) is 12.2. The zero-order chi connectivity index (χ0) is 17.9. The summed E-state index contributed by atoms with van der Waals surface area (Å²) in [6, 6.07) is 6.40. The highest BCUT2D eigenvalue weighted by atomic mass is 35.5. The van der Waals surface area contributed by atoms with E-state index in [1.807, 2.05) is 0 Å². The van der Waals surface area contributed by atoms with Gasteiger partial charge in [0.2, 0.25) is 5.88 Å². The van der Waals surface area contributed by atoms with Gasteiger partial charge in [0, 0.05) is 6.20 Å². The molecule has 128 valence electrons. The quantitative estimate of drug-likeness (QED) is 0.855. The van der Waals surface area contributed by atoms with Crippen molar-refractivity contribution in [2.45, 2.75) is 19.2 Å². The van der Waals surface area contributed by atoms with Crippen LogP contribution >= 0.6 is 11.6 Å². The molecule has 0 spiro atoms. The fourth-order valence-electron chi connectivity index (χ4n) is 1.71. The number of nitrogens with zero attached hydrogens (tertiary/aromatic N) is 1. The number of alkyl halides is 3. The van der Waals surface area contributed by atoms with Gasteiger partial charge in [-0.05, 0) is 37.3 Å². The number of benzene rings is 1. The topological polar surface area (TPSA) is 68.7 Å². The molecule has 1 aromatic heterocycles. The summed E-state index contributed by atoms with van der Waals surface area (Å²) in [5.41, 5.74) is -1.17. The van der Waals surface area contributed by atoms with Crippen molar-refractivity contribution in [3.05, 3.63) is 47.1 Å². The smallest absolute Gasteiger partial charge is 0.423 e. The highest BCUT2D eigenvalue weighted by molar-refractivity contribution is 6.31. The summed E-state index contributed by atoms with van der Waals surface area (Å²) < 4.78 is 49.3. The van der Waals surface area contributed by atoms with Gasteiger partial charge >= 0.3 is 12.1 Å². The van der Waals surface area contributed by atoms with Crippen molar-refractivity contribution < 1.29 is 32.5 Å². The van der Waals surface area contributed by atoms with Gasteiger partial charge in [-0.25, -0.2) is 9.78 Å². The van der Waals surface area contributed by atoms with Gasteiger partial charge in [0.15, 0.2) is 6.10 Å². The molecule has 0 bridgehead atoms. The van der Waals surface area contributed by atoms with E-state index in [1.165, 1.54) is 31.2 Å². The van der Waals surface area contributed by atoms with Crippen LogP contribution in [-0.2, 0) is 11.0 Å². The number of carboxylic acids is 1. The standard InChI is InChI=1S/C15H11ClF3NO4/c1-8(14(21)22)23-9-2-4-10(5-3-9)24-13-12(15(17,18)19)11(16)6-7-20-13/h2-8H,1H3,(H,21,22)/t8-/m1/s1. The lowest BCUT2D eigenvalue weighted by Crippen LogP contribution is -2.22. The molecule has 0 saturated heterocycles. The van der Waals surface area contributed by atoms with E-state index in [0.29, 0.717) is 0 Å². The summed E-state index contributed by atoms with van der Waals surface area (Å²) in [5, 5.41) is 8.22. The highest BCUT2D eigenvalue weighted by Crippen LogP contribution is 2.41. The van der Waals surface area contributed by atoms with Crippen LogP contribution in [0.3, 0.4) is 0 Å². The third-order valence-electron chi connectivity index (χ3n) is 2.85. The Hall–Kier alpha value is -2.48. The molecule has 0 aliphatic rings. The summed E-state index contributed by atoms with van der Waals surface area (Å²) in [7, 11) is 0. The molecular formula is C15H11ClF3NO4. The van der Waals surface area contributed by atoms with Gasteiger partial charge in [-0.1, -0.05) is 11.6 Å². The van der Waals surface area contributed by atoms with Crippen molar-refractivity contribution in [3.8, 4) is 17.4 Å². The normalized spacial score (nSPS) is 12.5. The van der Waals surface area contributed by atoms with Crippen LogP contribution in [0.1, 0.15) is 12.5 Å². The Morgan fingerprint density at radius 3 is 2.33 bits per heavy atom. The molecule has 1 N–H and O–H groups in total. The first kappa shape index (κ1) is 17.9. The fraction of sp³-hybridized carbons (Fsp3) is 0.200. The molecule has 1 heterocycles. The number of aromatic nitrogens is 1. The Bertz CT molecular complexity index is 734. The average Bonchev–Trinajstić information content (AvgIpc) is 2.47. The monoisotopic (exact) mass is 361 g/mol. The predicted octanol–water partition coefficient (Wildman–Crippen LogP) is 4.40. The second kappa shape index (κ2) is 6.96. The van der Waals surface area contributed by atoms with Gasteiger partial charge in [-0.2, -0.15) is 13.2 Å². The van der Waals surface area contributed by atoms with Crippen molar-refractivity contribution >= 4 is 17.6 Å². The number of hydrogen-bond acceptors (Lipinski definition) is 4. The van der Waals surface area contributed by atoms with Gasteiger partial charge in [-0.15, -0.1) is 0 Å². The van der Waals surface area contributed by atoms with E-state index in [9.17, 15) is 18.0 Å². The number of halogens is 4. The van der Waals surface area contributed by atoms with Gasteiger partial charge < -0.3 is 14.6 Å². The van der Waals surface area contributed by atoms with Crippen LogP contribution in [0, 0.1) is 0 Å². The lowest BCUT2D eigenvalue weighted by molar-refractivity contribution is -0.144. The van der Waals surface area contributed by atoms with Crippen LogP contribution in [-0.4, -0.2) is 22.2 Å². The summed E-state index contributed by atoms with van der Waals surface area (Å²) in [4.78, 5) is 14.3. The maximum Gasteiger partial charge on any atom is 0.423 e. The van der Waals surface area contributed by atoms with Crippen LogP contribution in [0.5, 0.6) is 17.4 Å². The first-order valence-corrected chi connectivity index (χ1v) is 6.95. The third kappa shape index (κ3) is 4.29. The Morgan fingerprint density at radius 2 is 1.79 bits per heavy atom. The molecule has 0 aliphatic heterocycles. The summed E-state index contributed by atoms with van der Waals surface area (Å²) in [5.74, 6) is -1.53. The Kier molecular flexibility index (Phi) is 5.18. The number of carbonyl (C=O) groups is 1. The molecule has 0 amide bonds. The van der Waals surface area contributed by atoms with Crippen LogP contribution in [0.4, 0.5) is 13.2 Å². The molecule has 0 radical (unpaired) electrons. The van der Waals surface area contributed by atoms with Crippen LogP contribution in [0.2, 0.25) is 5.02 Å². The Morgan fingerprint density at radius 1 is 1.21 bits per heavy atom. The second-order valence-corrected chi connectivity index (χ2v) is 5.05. The molecule has 0 fully saturated rings. The van der Waals surface area contributed by atoms with Crippen molar-refractivity contribution in [2.75, 3.05) is 0 Å². The minimum Gasteiger partial charge on any atom is -0.479 e. The average molecular weight is 362 g/mol. The molecule has 9 heteroatoms. The van der Waals surface area contributed by atoms with E-state index >= 15 is 0 Å². The van der Waals surface area contributed by atoms with Crippen molar-refractivity contribution in [3.63, 3.8) is 0 Å². The number of aliphatic carboxylic acids is 1. The van der Waals surface area contributed by atoms with Gasteiger partial charge in [-0.3, -0.25) is 0 Å². The molecule has 24 heavy (non-hydrogen) atoms. The van der Waals surface area contributed by atoms with Crippen molar-refractivity contribution in [1.29, 1.82) is 0 Å². The largest absolute Gasteiger partial charge is 0.479 e. The summed E-state index contributed by atoms with van der Waals surface area (Å²) in [6.07, 6.45) is -4.69. The molecule has 0 aliphatic carbocycles. The van der Waals surface area contributed by atoms with E-state index in [1.54, 1.807) is 0 Å². The Balaban J connectivity index is 2.21. The highest BCUT2D eigenvalue weighted by Gasteiger charge is 2.38. The minimum atomic E-state index is -4.72. The molecule has 1 atom stereocenters. The molecule has 0 unspecified atom stereocenters. The van der Waals surface area contributed by atoms with Gasteiger partial charge in [0.25, 0.3) is 0 Å². The summed E-state index contributed by atoms with van der Waals surface area (Å²) >= 11 is 5.58. The van der Waals surface area contributed by atoms with Crippen LogP contribution in [0.15, 0.2) is 36.5 Å². The lowest BCUT2D eigenvalue weighted by atomic mass is 10.2. The maximum atomic E-state index is 13.0. The SMILES string of the molecule is C[C@@H](Oc1ccc(Oc2nccc(Cl)c2C(F)(F)F)cc1)C(=O)O. The lowest BCUT2D eigenvalue weighted by Gasteiger charge is -2.14. The van der Waals surface area contributed by atoms with Crippen LogP contribution in [0.25, 0.3) is 0 Å². The molecule has 0 saturated carbocycles. The zero-order valence-corrected chi connectivity index (χ0v) is 12.9. The fourth-order valence-corrected chi connectivity index (χ4v) is 1.95. The van der Waals surface area contributed by atoms with Gasteiger partial charge in [0.05, 0.1) is 5.02 Å². The van der Waals surface area contributed by atoms with E-state index in [0.717, 1.165) is 12.3 Å². The van der Waals surface area contributed by atoms with Crippen molar-refractivity contribution in [1.82, 2.24) is 4.98 Å². The van der Waals surface area contributed by atoms with E-state index in [2.05, 4.69) is 4.98 Å².